The number of hydrogen-bond donors (Lipinski definition) is 4. The van der Waals surface area contributed by atoms with Gasteiger partial charge in [-0.15, -0.1) is 0 Å². The molecule has 19 nitrogen and oxygen atoms in total. The Morgan fingerprint density at radius 1 is 0.658 bits per heavy atom. The molecule has 0 bridgehead atoms. The van der Waals surface area contributed by atoms with Crippen LogP contribution in [0.5, 0.6) is 11.5 Å². The number of sulfonamides is 2. The molecule has 1 saturated heterocycles. The summed E-state index contributed by atoms with van der Waals surface area (Å²) in [6.45, 7) is 9.65. The number of benzene rings is 4. The summed E-state index contributed by atoms with van der Waals surface area (Å²) in [5, 5.41) is 46.5. The van der Waals surface area contributed by atoms with Crippen LogP contribution in [0, 0.1) is 34.5 Å². The topological polar surface area (TPSA) is 267 Å². The van der Waals surface area contributed by atoms with Gasteiger partial charge in [-0.1, -0.05) is 87.4 Å². The second-order valence-corrected chi connectivity index (χ2v) is 24.2. The normalized spacial score (nSPS) is 15.9. The van der Waals surface area contributed by atoms with Gasteiger partial charge in [-0.3, -0.25) is 0 Å². The number of alkyl carbamates (subject to hydrolysis) is 2. The number of nitrogens with zero attached hydrogens (tertiary/aromatic N) is 4. The summed E-state index contributed by atoms with van der Waals surface area (Å²) >= 11 is 0. The lowest BCUT2D eigenvalue weighted by atomic mass is 9.99. The fraction of sp³-hybridized carbons (Fsp3) is 0.517. The van der Waals surface area contributed by atoms with Gasteiger partial charge < -0.3 is 44.5 Å². The molecule has 0 aromatic heterocycles. The standard InChI is InChI=1S/C29H39N3O7S.C29H41N3O6S/c1-3-22(10-7-16-30)19-32(40(35,36)26-13-11-24(37-2)12-14-26)20-28(33)27(18-23-8-5-4-6-9-23)31-29(34)39-25-15-17-38-21-25;1-6-22(13-10-18-30)20-32(39(35,36)25-16-14-24(37-5)15-17-25)21-27(33)26(19-23-11-8-7-9-12-23)31-28(34)38-29(2,3)4/h4-6,8-9,11-14,22,25,27-28,33H,3,7,10,15,17-21H2,1-2H3,(H,31,34);7-9,11-12,14-17,22,26-27,33H,6,10,13,19-21H2,1-5H3,(H,31,34)/t22?,25?,27-,28+;22?,26-,27+/m00/s1. The van der Waals surface area contributed by atoms with Gasteiger partial charge in [-0.05, 0) is 118 Å². The number of nitrogens with one attached hydrogen (secondary N) is 2. The molecule has 0 aliphatic carbocycles. The highest BCUT2D eigenvalue weighted by Crippen LogP contribution is 2.26. The highest BCUT2D eigenvalue weighted by Gasteiger charge is 2.35. The van der Waals surface area contributed by atoms with Crippen LogP contribution < -0.4 is 20.1 Å². The van der Waals surface area contributed by atoms with Crippen molar-refractivity contribution < 1.29 is 60.3 Å². The van der Waals surface area contributed by atoms with E-state index < -0.39 is 62.1 Å². The van der Waals surface area contributed by atoms with Crippen molar-refractivity contribution >= 4 is 32.2 Å². The molecule has 21 heteroatoms. The Kier molecular flexibility index (Phi) is 27.0. The van der Waals surface area contributed by atoms with Crippen molar-refractivity contribution in [2.75, 3.05) is 53.6 Å². The van der Waals surface area contributed by atoms with Crippen molar-refractivity contribution in [2.45, 2.75) is 138 Å². The zero-order valence-electron chi connectivity index (χ0n) is 46.5. The summed E-state index contributed by atoms with van der Waals surface area (Å²) in [5.74, 6) is 0.860. The van der Waals surface area contributed by atoms with Crippen LogP contribution in [0.1, 0.15) is 90.7 Å². The minimum absolute atomic E-state index is 0.0591. The molecule has 4 aromatic carbocycles. The van der Waals surface area contributed by atoms with Crippen LogP contribution in [0.15, 0.2) is 119 Å². The second-order valence-electron chi connectivity index (χ2n) is 20.3. The van der Waals surface area contributed by atoms with E-state index in [1.54, 1.807) is 45.0 Å². The fourth-order valence-corrected chi connectivity index (χ4v) is 11.7. The average Bonchev–Trinajstić information content (AvgIpc) is 3.95. The predicted octanol–water partition coefficient (Wildman–Crippen LogP) is 8.02. The zero-order chi connectivity index (χ0) is 58.0. The van der Waals surface area contributed by atoms with Crippen molar-refractivity contribution in [3.8, 4) is 23.6 Å². The van der Waals surface area contributed by atoms with Gasteiger partial charge in [-0.25, -0.2) is 26.4 Å². The summed E-state index contributed by atoms with van der Waals surface area (Å²) in [7, 11) is -5.06. The number of carbonyl (C=O) groups excluding carboxylic acids is 2. The van der Waals surface area contributed by atoms with Crippen LogP contribution in [0.4, 0.5) is 9.59 Å². The maximum atomic E-state index is 13.8. The SMILES string of the molecule is CCC(CCC#N)CN(C[C@@H](O)[C@H](Cc1ccccc1)NC(=O)OC(C)(C)C)S(=O)(=O)c1ccc(OC)cc1.CCC(CCC#N)CN(C[C@@H](O)[C@H](Cc1ccccc1)NC(=O)OC1CCOC1)S(=O)(=O)c1ccc(OC)cc1. The van der Waals surface area contributed by atoms with Crippen molar-refractivity contribution in [3.05, 3.63) is 120 Å². The molecule has 79 heavy (non-hydrogen) atoms. The smallest absolute Gasteiger partial charge is 0.407 e. The molecule has 1 fully saturated rings. The first kappa shape index (κ1) is 65.2. The van der Waals surface area contributed by atoms with Crippen molar-refractivity contribution in [2.24, 2.45) is 11.8 Å². The van der Waals surface area contributed by atoms with Crippen molar-refractivity contribution in [1.82, 2.24) is 19.2 Å². The maximum Gasteiger partial charge on any atom is 0.407 e. The number of amides is 2. The molecule has 1 aliphatic heterocycles. The molecule has 1 heterocycles. The highest BCUT2D eigenvalue weighted by molar-refractivity contribution is 7.89. The van der Waals surface area contributed by atoms with Gasteiger partial charge in [0.2, 0.25) is 20.0 Å². The Balaban J connectivity index is 0.000000341. The Bertz CT molecular complexity index is 2750. The first-order valence-corrected chi connectivity index (χ1v) is 29.5. The summed E-state index contributed by atoms with van der Waals surface area (Å²) in [5.41, 5.74) is 0.981. The van der Waals surface area contributed by atoms with E-state index in [1.807, 2.05) is 74.5 Å². The molecule has 0 radical (unpaired) electrons. The lowest BCUT2D eigenvalue weighted by molar-refractivity contribution is 0.0398. The molecule has 4 N–H and O–H groups in total. The lowest BCUT2D eigenvalue weighted by Gasteiger charge is -2.32. The van der Waals surface area contributed by atoms with Gasteiger partial charge in [0.15, 0.2) is 0 Å². The summed E-state index contributed by atoms with van der Waals surface area (Å²) < 4.78 is 84.1. The summed E-state index contributed by atoms with van der Waals surface area (Å²) in [6, 6.07) is 33.4. The number of nitriles is 2. The molecule has 4 aromatic rings. The van der Waals surface area contributed by atoms with Crippen LogP contribution in [0.2, 0.25) is 0 Å². The van der Waals surface area contributed by atoms with E-state index >= 15 is 0 Å². The number of aliphatic hydroxyl groups is 2. The van der Waals surface area contributed by atoms with Gasteiger partial charge in [0.25, 0.3) is 0 Å². The quantitative estimate of drug-likeness (QED) is 0.0401. The third kappa shape index (κ3) is 22.0. The number of hydrogen-bond acceptors (Lipinski definition) is 15. The van der Waals surface area contributed by atoms with E-state index in [9.17, 15) is 36.6 Å². The van der Waals surface area contributed by atoms with Crippen LogP contribution in [-0.4, -0.2) is 137 Å². The van der Waals surface area contributed by atoms with Gasteiger partial charge >= 0.3 is 12.2 Å². The van der Waals surface area contributed by atoms with E-state index in [-0.39, 0.29) is 66.8 Å². The van der Waals surface area contributed by atoms with Gasteiger partial charge in [0, 0.05) is 45.4 Å². The summed E-state index contributed by atoms with van der Waals surface area (Å²) in [4.78, 5) is 25.5. The third-order valence-corrected chi connectivity index (χ3v) is 17.0. The molecule has 0 saturated carbocycles. The number of aliphatic hydroxyl groups excluding tert-OH is 2. The molecule has 2 amide bonds. The van der Waals surface area contributed by atoms with E-state index in [2.05, 4.69) is 22.8 Å². The first-order valence-electron chi connectivity index (χ1n) is 26.7. The van der Waals surface area contributed by atoms with Crippen molar-refractivity contribution in [3.63, 3.8) is 0 Å². The van der Waals surface area contributed by atoms with Crippen LogP contribution in [0.3, 0.4) is 0 Å². The van der Waals surface area contributed by atoms with Crippen LogP contribution >= 0.6 is 0 Å². The van der Waals surface area contributed by atoms with E-state index in [1.165, 1.54) is 47.1 Å². The van der Waals surface area contributed by atoms with Gasteiger partial charge in [-0.2, -0.15) is 19.1 Å². The average molecular weight is 1130 g/mol. The Hall–Kier alpha value is -6.30. The zero-order valence-corrected chi connectivity index (χ0v) is 48.2. The number of rotatable bonds is 29. The molecular weight excluding hydrogens is 1050 g/mol. The Labute approximate surface area is 467 Å². The molecule has 7 atom stereocenters. The Morgan fingerprint density at radius 2 is 1.06 bits per heavy atom. The molecule has 0 spiro atoms. The molecule has 3 unspecified atom stereocenters. The Morgan fingerprint density at radius 3 is 1.41 bits per heavy atom. The molecule has 1 aliphatic rings. The predicted molar refractivity (Wildman–Crippen MR) is 299 cm³/mol. The number of methoxy groups -OCH3 is 2. The van der Waals surface area contributed by atoms with Crippen LogP contribution in [-0.2, 0) is 47.1 Å². The molecule has 5 rings (SSSR count). The lowest BCUT2D eigenvalue weighted by Crippen LogP contribution is -2.52. The fourth-order valence-electron chi connectivity index (χ4n) is 8.67. The number of carbonyl (C=O) groups is 2. The van der Waals surface area contributed by atoms with Gasteiger partial charge in [0.05, 0.1) is 73.7 Å². The third-order valence-electron chi connectivity index (χ3n) is 13.3. The highest BCUT2D eigenvalue weighted by atomic mass is 32.2. The number of ether oxygens (including phenoxy) is 5. The van der Waals surface area contributed by atoms with E-state index in [4.69, 9.17) is 34.2 Å². The largest absolute Gasteiger partial charge is 0.497 e. The monoisotopic (exact) mass is 1130 g/mol. The van der Waals surface area contributed by atoms with Gasteiger partial charge in [0.1, 0.15) is 23.2 Å². The van der Waals surface area contributed by atoms with Crippen molar-refractivity contribution in [1.29, 1.82) is 10.5 Å². The summed E-state index contributed by atoms with van der Waals surface area (Å²) in [6.07, 6.45) is -0.170. The molecular formula is C58H80N6O13S2. The maximum absolute atomic E-state index is 13.8. The minimum atomic E-state index is -4.03. The second kappa shape index (κ2) is 32.7. The minimum Gasteiger partial charge on any atom is -0.497 e. The first-order chi connectivity index (χ1) is 37.6. The van der Waals surface area contributed by atoms with E-state index in [0.29, 0.717) is 69.7 Å². The van der Waals surface area contributed by atoms with Crippen LogP contribution in [0.25, 0.3) is 0 Å². The molecule has 432 valence electrons. The van der Waals surface area contributed by atoms with E-state index in [0.717, 1.165) is 11.1 Å².